The van der Waals surface area contributed by atoms with E-state index in [0.717, 1.165) is 26.9 Å². The van der Waals surface area contributed by atoms with E-state index >= 15 is 0 Å². The number of nitrogens with one attached hydrogen (secondary N) is 1. The van der Waals surface area contributed by atoms with Crippen molar-refractivity contribution in [3.63, 3.8) is 0 Å². The number of fused-ring (bicyclic) bond motifs is 1. The lowest BCUT2D eigenvalue weighted by atomic mass is 9.86. The van der Waals surface area contributed by atoms with Gasteiger partial charge in [0.25, 0.3) is 11.1 Å². The summed E-state index contributed by atoms with van der Waals surface area (Å²) < 4.78 is 7.93. The number of carbonyl (C=O) groups is 2. The second-order valence-corrected chi connectivity index (χ2v) is 11.1. The van der Waals surface area contributed by atoms with Gasteiger partial charge in [0.15, 0.2) is 0 Å². The van der Waals surface area contributed by atoms with Crippen molar-refractivity contribution in [2.24, 2.45) is 9.06 Å². The van der Waals surface area contributed by atoms with E-state index in [9.17, 15) is 9.59 Å². The zero-order valence-electron chi connectivity index (χ0n) is 14.0. The number of rotatable bonds is 2. The molecule has 7 heteroatoms. The van der Waals surface area contributed by atoms with E-state index in [-0.39, 0.29) is 32.2 Å². The van der Waals surface area contributed by atoms with Gasteiger partial charge in [-0.25, -0.2) is 3.15 Å². The quantitative estimate of drug-likeness (QED) is 0.184. The highest BCUT2D eigenvalue weighted by Crippen LogP contribution is 2.44. The fourth-order valence-corrected chi connectivity index (χ4v) is 7.07. The van der Waals surface area contributed by atoms with Crippen LogP contribution < -0.4 is 5.32 Å². The van der Waals surface area contributed by atoms with Crippen molar-refractivity contribution in [2.75, 3.05) is 0 Å². The number of halogens is 2. The predicted molar refractivity (Wildman–Crippen MR) is 124 cm³/mol. The third-order valence-electron chi connectivity index (χ3n) is 4.92. The van der Waals surface area contributed by atoms with Crippen LogP contribution >= 0.6 is 55.4 Å². The SMILES string of the molecule is O=C1NC(=O)/C(=C/c2ccc3c(c2)C(C2CCCC(I)CC2)=CI=N3)S1. The number of hydrogen-bond donors (Lipinski definition) is 1. The lowest BCUT2D eigenvalue weighted by molar-refractivity contribution is -0.115. The van der Waals surface area contributed by atoms with Crippen LogP contribution in [0, 0.1) is 5.92 Å². The van der Waals surface area contributed by atoms with Gasteiger partial charge in [0.1, 0.15) is 0 Å². The number of alkyl halides is 1. The number of thioether (sulfide) groups is 1. The number of imide groups is 1. The zero-order chi connectivity index (χ0) is 18.1. The van der Waals surface area contributed by atoms with E-state index in [1.807, 2.05) is 6.07 Å². The number of carbonyl (C=O) groups excluding carboxylic acids is 2. The van der Waals surface area contributed by atoms with E-state index in [2.05, 4.69) is 44.1 Å². The number of nitrogens with zero attached hydrogens (tertiary/aromatic N) is 1. The van der Waals surface area contributed by atoms with Gasteiger partial charge in [-0.3, -0.25) is 14.9 Å². The third-order valence-corrected chi connectivity index (χ3v) is 8.72. The Labute approximate surface area is 180 Å². The molecule has 3 aliphatic rings. The van der Waals surface area contributed by atoms with E-state index in [0.29, 0.717) is 10.8 Å². The Morgan fingerprint density at radius 2 is 2.12 bits per heavy atom. The van der Waals surface area contributed by atoms with Gasteiger partial charge >= 0.3 is 0 Å². The largest absolute Gasteiger partial charge is 0.290 e. The van der Waals surface area contributed by atoms with Crippen molar-refractivity contribution in [2.45, 2.75) is 36.0 Å². The van der Waals surface area contributed by atoms with Gasteiger partial charge in [-0.2, -0.15) is 0 Å². The smallest absolute Gasteiger partial charge is 0.282 e. The number of hydrogen-bond acceptors (Lipinski definition) is 4. The summed E-state index contributed by atoms with van der Waals surface area (Å²) >= 11 is 3.29. The molecule has 1 saturated heterocycles. The number of allylic oxidation sites excluding steroid dienone is 1. The van der Waals surface area contributed by atoms with Crippen LogP contribution in [0.5, 0.6) is 0 Å². The molecule has 2 atom stereocenters. The Morgan fingerprint density at radius 3 is 2.92 bits per heavy atom. The van der Waals surface area contributed by atoms with Gasteiger partial charge in [0, 0.05) is 30.5 Å². The molecule has 0 spiro atoms. The molecular weight excluding hydrogens is 574 g/mol. The maximum atomic E-state index is 11.8. The van der Waals surface area contributed by atoms with Crippen molar-refractivity contribution in [3.05, 3.63) is 38.3 Å². The summed E-state index contributed by atoms with van der Waals surface area (Å²) in [4.78, 5) is 23.6. The summed E-state index contributed by atoms with van der Waals surface area (Å²) in [5.74, 6) is 0.318. The average Bonchev–Trinajstić information content (AvgIpc) is 2.81. The minimum Gasteiger partial charge on any atom is -0.282 e. The molecule has 1 aromatic rings. The van der Waals surface area contributed by atoms with Crippen LogP contribution in [0.25, 0.3) is 11.6 Å². The normalized spacial score (nSPS) is 27.4. The van der Waals surface area contributed by atoms with Gasteiger partial charge in [-0.15, -0.1) is 0 Å². The first kappa shape index (κ1) is 18.8. The summed E-state index contributed by atoms with van der Waals surface area (Å²) in [6, 6.07) is 6.20. The molecule has 4 rings (SSSR count). The topological polar surface area (TPSA) is 58.5 Å². The molecule has 2 unspecified atom stereocenters. The van der Waals surface area contributed by atoms with Crippen molar-refractivity contribution < 1.29 is 9.59 Å². The Morgan fingerprint density at radius 1 is 1.23 bits per heavy atom. The number of benzene rings is 1. The van der Waals surface area contributed by atoms with Crippen molar-refractivity contribution >= 4 is 83.9 Å². The van der Waals surface area contributed by atoms with E-state index in [4.69, 9.17) is 3.15 Å². The highest BCUT2D eigenvalue weighted by Gasteiger charge is 2.26. The molecule has 1 aliphatic carbocycles. The van der Waals surface area contributed by atoms with Crippen molar-refractivity contribution in [1.82, 2.24) is 5.32 Å². The summed E-state index contributed by atoms with van der Waals surface area (Å²) in [6.45, 7) is 0. The van der Waals surface area contributed by atoms with E-state index in [1.54, 1.807) is 6.08 Å². The Bertz CT molecular complexity index is 863. The average molecular weight is 592 g/mol. The third kappa shape index (κ3) is 4.14. The molecule has 0 bridgehead atoms. The van der Waals surface area contributed by atoms with Gasteiger partial charge in [-0.1, -0.05) is 35.1 Å². The highest BCUT2D eigenvalue weighted by molar-refractivity contribution is 14.2. The molecule has 2 amide bonds. The summed E-state index contributed by atoms with van der Waals surface area (Å²) in [5.41, 5.74) is 4.73. The maximum absolute atomic E-state index is 11.8. The lowest BCUT2D eigenvalue weighted by Crippen LogP contribution is -2.17. The minimum absolute atomic E-state index is 0.266. The van der Waals surface area contributed by atoms with Crippen LogP contribution in [0.1, 0.15) is 43.2 Å². The first-order chi connectivity index (χ1) is 12.6. The molecule has 4 nitrogen and oxygen atoms in total. The molecule has 0 aromatic heterocycles. The Kier molecular flexibility index (Phi) is 5.94. The second kappa shape index (κ2) is 8.22. The van der Waals surface area contributed by atoms with Gasteiger partial charge < -0.3 is 0 Å². The molecule has 26 heavy (non-hydrogen) atoms. The predicted octanol–water partition coefficient (Wildman–Crippen LogP) is 6.53. The van der Waals surface area contributed by atoms with Crippen molar-refractivity contribution in [1.29, 1.82) is 0 Å². The summed E-state index contributed by atoms with van der Waals surface area (Å²) in [5, 5.41) is 2.01. The first-order valence-corrected chi connectivity index (χ1v) is 12.9. The molecule has 2 heterocycles. The van der Waals surface area contributed by atoms with Gasteiger partial charge in [0.2, 0.25) is 0 Å². The van der Waals surface area contributed by atoms with Crippen LogP contribution in [-0.2, 0) is 4.79 Å². The Hall–Kier alpha value is -0.550. The molecule has 1 N–H and O–H groups in total. The highest BCUT2D eigenvalue weighted by atomic mass is 127. The molecule has 2 fully saturated rings. The molecule has 0 radical (unpaired) electrons. The van der Waals surface area contributed by atoms with E-state index < -0.39 is 0 Å². The van der Waals surface area contributed by atoms with Crippen LogP contribution in [0.3, 0.4) is 0 Å². The fourth-order valence-electron chi connectivity index (χ4n) is 3.59. The first-order valence-electron chi connectivity index (χ1n) is 8.67. The van der Waals surface area contributed by atoms with Gasteiger partial charge in [-0.05, 0) is 76.8 Å². The van der Waals surface area contributed by atoms with E-state index in [1.165, 1.54) is 43.2 Å². The fraction of sp³-hybridized carbons (Fsp3) is 0.368. The van der Waals surface area contributed by atoms with Crippen LogP contribution in [0.2, 0.25) is 0 Å². The molecule has 2 aliphatic heterocycles. The monoisotopic (exact) mass is 592 g/mol. The lowest BCUT2D eigenvalue weighted by Gasteiger charge is -2.22. The van der Waals surface area contributed by atoms with Crippen molar-refractivity contribution in [3.8, 4) is 0 Å². The maximum Gasteiger partial charge on any atom is 0.290 e. The zero-order valence-corrected chi connectivity index (χ0v) is 19.1. The summed E-state index contributed by atoms with van der Waals surface area (Å²) in [7, 11) is 0. The summed E-state index contributed by atoms with van der Waals surface area (Å²) in [6.07, 6.45) is 8.22. The Balaban J connectivity index is 1.65. The molecule has 1 aromatic carbocycles. The van der Waals surface area contributed by atoms with Crippen LogP contribution in [0.4, 0.5) is 10.5 Å². The molecule has 1 saturated carbocycles. The number of amides is 2. The molecular formula is C19H18I2N2O2S. The standard InChI is InChI=1S/C19H18I2N2O2S/c20-13-3-1-2-12(5-6-13)15-10-21-23-16-7-4-11(8-14(15)16)9-17-18(24)22-19(25)26-17/h4,7-10,12-13H,1-3,5-6H2,(H,22,24,25)/b17-9-. The minimum atomic E-state index is -0.305. The van der Waals surface area contributed by atoms with Gasteiger partial charge in [0.05, 0.1) is 10.6 Å². The molecule has 136 valence electrons. The van der Waals surface area contributed by atoms with Crippen LogP contribution in [-0.4, -0.2) is 15.1 Å². The second-order valence-electron chi connectivity index (χ2n) is 6.68. The van der Waals surface area contributed by atoms with Crippen LogP contribution in [0.15, 0.2) is 30.3 Å².